The van der Waals surface area contributed by atoms with Crippen molar-refractivity contribution in [2.45, 2.75) is 44.9 Å². The Morgan fingerprint density at radius 2 is 1.84 bits per heavy atom. The van der Waals surface area contributed by atoms with Crippen LogP contribution >= 0.6 is 0 Å². The molecule has 1 aliphatic carbocycles. The average Bonchev–Trinajstić information content (AvgIpc) is 3.30. The molecule has 4 rings (SSSR count). The van der Waals surface area contributed by atoms with Crippen molar-refractivity contribution in [2.75, 3.05) is 18.4 Å². The van der Waals surface area contributed by atoms with E-state index in [4.69, 9.17) is 0 Å². The fourth-order valence-corrected chi connectivity index (χ4v) is 4.36. The molecule has 31 heavy (non-hydrogen) atoms. The molecule has 3 N–H and O–H groups in total. The van der Waals surface area contributed by atoms with E-state index in [0.29, 0.717) is 17.5 Å². The Hall–Kier alpha value is -2.99. The van der Waals surface area contributed by atoms with E-state index in [9.17, 15) is 9.59 Å². The molecule has 1 amide bonds. The lowest BCUT2D eigenvalue weighted by atomic mass is 10.0. The van der Waals surface area contributed by atoms with E-state index in [2.05, 4.69) is 20.8 Å². The van der Waals surface area contributed by atoms with Crippen molar-refractivity contribution in [3.63, 3.8) is 0 Å². The normalized spacial score (nSPS) is 14.2. The number of hydrogen-bond donors (Lipinski definition) is 3. The zero-order chi connectivity index (χ0) is 21.5. The SMILES string of the molecule is O=C(CCCCNCC1CCCC1)Nc1cccc(-c2n[nH]c(=O)c3ccccc23)c1. The second-order valence-electron chi connectivity index (χ2n) is 8.39. The van der Waals surface area contributed by atoms with Crippen LogP contribution in [0.5, 0.6) is 0 Å². The first-order chi connectivity index (χ1) is 15.2. The molecule has 0 bridgehead atoms. The summed E-state index contributed by atoms with van der Waals surface area (Å²) in [5.74, 6) is 0.872. The number of H-pyrrole nitrogens is 1. The van der Waals surface area contributed by atoms with Crippen molar-refractivity contribution >= 4 is 22.4 Å². The summed E-state index contributed by atoms with van der Waals surface area (Å²) in [6, 6.07) is 15.0. The van der Waals surface area contributed by atoms with Crippen LogP contribution in [0.15, 0.2) is 53.3 Å². The first kappa shape index (κ1) is 21.2. The molecule has 0 atom stereocenters. The molecule has 3 aromatic rings. The zero-order valence-electron chi connectivity index (χ0n) is 17.8. The van der Waals surface area contributed by atoms with Crippen molar-refractivity contribution in [1.82, 2.24) is 15.5 Å². The summed E-state index contributed by atoms with van der Waals surface area (Å²) in [7, 11) is 0. The predicted octanol–water partition coefficient (Wildman–Crippen LogP) is 4.48. The average molecular weight is 419 g/mol. The number of aromatic nitrogens is 2. The van der Waals surface area contributed by atoms with Crippen LogP contribution in [0, 0.1) is 5.92 Å². The zero-order valence-corrected chi connectivity index (χ0v) is 17.8. The van der Waals surface area contributed by atoms with Crippen LogP contribution in [0.2, 0.25) is 0 Å². The molecule has 0 saturated heterocycles. The Morgan fingerprint density at radius 1 is 1.03 bits per heavy atom. The van der Waals surface area contributed by atoms with Gasteiger partial charge >= 0.3 is 0 Å². The van der Waals surface area contributed by atoms with Crippen LogP contribution in [-0.2, 0) is 4.79 Å². The Balaban J connectivity index is 1.30. The van der Waals surface area contributed by atoms with Crippen LogP contribution < -0.4 is 16.2 Å². The number of hydrogen-bond acceptors (Lipinski definition) is 4. The molecule has 6 heteroatoms. The number of fused-ring (bicyclic) bond motifs is 1. The van der Waals surface area contributed by atoms with Crippen molar-refractivity contribution in [3.05, 3.63) is 58.9 Å². The van der Waals surface area contributed by atoms with E-state index >= 15 is 0 Å². The smallest absolute Gasteiger partial charge is 0.272 e. The number of aromatic amines is 1. The van der Waals surface area contributed by atoms with Gasteiger partial charge in [-0.3, -0.25) is 9.59 Å². The Kier molecular flexibility index (Phi) is 7.10. The third kappa shape index (κ3) is 5.58. The molecule has 1 aromatic heterocycles. The summed E-state index contributed by atoms with van der Waals surface area (Å²) < 4.78 is 0. The molecule has 0 unspecified atom stereocenters. The first-order valence-electron chi connectivity index (χ1n) is 11.3. The quantitative estimate of drug-likeness (QED) is 0.447. The van der Waals surface area contributed by atoms with Gasteiger partial charge in [0.25, 0.3) is 5.56 Å². The number of rotatable bonds is 9. The molecule has 0 spiro atoms. The van der Waals surface area contributed by atoms with E-state index in [1.165, 1.54) is 25.7 Å². The molecule has 6 nitrogen and oxygen atoms in total. The van der Waals surface area contributed by atoms with Crippen LogP contribution in [0.3, 0.4) is 0 Å². The van der Waals surface area contributed by atoms with E-state index in [0.717, 1.165) is 48.5 Å². The van der Waals surface area contributed by atoms with Gasteiger partial charge in [0.05, 0.1) is 11.1 Å². The maximum atomic E-state index is 12.4. The van der Waals surface area contributed by atoms with E-state index in [-0.39, 0.29) is 11.5 Å². The van der Waals surface area contributed by atoms with Gasteiger partial charge in [-0.1, -0.05) is 43.2 Å². The van der Waals surface area contributed by atoms with E-state index in [1.54, 1.807) is 6.07 Å². The third-order valence-electron chi connectivity index (χ3n) is 6.03. The summed E-state index contributed by atoms with van der Waals surface area (Å²) in [6.45, 7) is 2.09. The molecular formula is C25H30N4O2. The van der Waals surface area contributed by atoms with Crippen LogP contribution in [-0.4, -0.2) is 29.2 Å². The number of unbranched alkanes of at least 4 members (excludes halogenated alkanes) is 1. The monoisotopic (exact) mass is 418 g/mol. The van der Waals surface area contributed by atoms with E-state index in [1.807, 2.05) is 42.5 Å². The van der Waals surface area contributed by atoms with Crippen molar-refractivity contribution in [3.8, 4) is 11.3 Å². The first-order valence-corrected chi connectivity index (χ1v) is 11.3. The summed E-state index contributed by atoms with van der Waals surface area (Å²) in [5, 5.41) is 14.7. The van der Waals surface area contributed by atoms with Crippen molar-refractivity contribution < 1.29 is 4.79 Å². The molecule has 1 aliphatic rings. The van der Waals surface area contributed by atoms with Gasteiger partial charge in [-0.2, -0.15) is 5.10 Å². The van der Waals surface area contributed by atoms with Crippen LogP contribution in [0.4, 0.5) is 5.69 Å². The summed E-state index contributed by atoms with van der Waals surface area (Å²) in [4.78, 5) is 24.4. The van der Waals surface area contributed by atoms with Gasteiger partial charge < -0.3 is 10.6 Å². The maximum Gasteiger partial charge on any atom is 0.272 e. The molecule has 1 fully saturated rings. The lowest BCUT2D eigenvalue weighted by Crippen LogP contribution is -2.22. The lowest BCUT2D eigenvalue weighted by molar-refractivity contribution is -0.116. The van der Waals surface area contributed by atoms with Gasteiger partial charge in [-0.05, 0) is 62.9 Å². The second-order valence-corrected chi connectivity index (χ2v) is 8.39. The number of amides is 1. The van der Waals surface area contributed by atoms with Crippen LogP contribution in [0.25, 0.3) is 22.0 Å². The minimum atomic E-state index is -0.207. The molecule has 1 heterocycles. The van der Waals surface area contributed by atoms with Crippen molar-refractivity contribution in [1.29, 1.82) is 0 Å². The lowest BCUT2D eigenvalue weighted by Gasteiger charge is -2.10. The summed E-state index contributed by atoms with van der Waals surface area (Å²) in [5.41, 5.74) is 2.07. The standard InChI is InChI=1S/C25H30N4O2/c30-23(14-5-6-15-26-17-18-8-1-2-9-18)27-20-11-7-10-19(16-20)24-21-12-3-4-13-22(21)25(31)29-28-24/h3-4,7,10-13,16,18,26H,1-2,5-6,8-9,14-15,17H2,(H,27,30)(H,29,31). The Morgan fingerprint density at radius 3 is 2.68 bits per heavy atom. The summed E-state index contributed by atoms with van der Waals surface area (Å²) >= 11 is 0. The van der Waals surface area contributed by atoms with Crippen molar-refractivity contribution in [2.24, 2.45) is 5.92 Å². The fraction of sp³-hybridized carbons (Fsp3) is 0.400. The second kappa shape index (κ2) is 10.4. The van der Waals surface area contributed by atoms with Gasteiger partial charge in [0.1, 0.15) is 0 Å². The van der Waals surface area contributed by atoms with Crippen LogP contribution in [0.1, 0.15) is 44.9 Å². The van der Waals surface area contributed by atoms with Gasteiger partial charge in [-0.15, -0.1) is 0 Å². The highest BCUT2D eigenvalue weighted by atomic mass is 16.1. The highest BCUT2D eigenvalue weighted by Crippen LogP contribution is 2.26. The molecule has 1 saturated carbocycles. The largest absolute Gasteiger partial charge is 0.326 e. The topological polar surface area (TPSA) is 86.9 Å². The van der Waals surface area contributed by atoms with E-state index < -0.39 is 0 Å². The molecule has 0 aliphatic heterocycles. The number of anilines is 1. The number of nitrogens with one attached hydrogen (secondary N) is 3. The Labute approximate surface area is 182 Å². The Bertz CT molecular complexity index is 1090. The molecular weight excluding hydrogens is 388 g/mol. The van der Waals surface area contributed by atoms with Gasteiger partial charge in [-0.25, -0.2) is 5.10 Å². The molecule has 162 valence electrons. The fourth-order valence-electron chi connectivity index (χ4n) is 4.36. The highest BCUT2D eigenvalue weighted by Gasteiger charge is 2.14. The maximum absolute atomic E-state index is 12.4. The minimum absolute atomic E-state index is 0.0206. The van der Waals surface area contributed by atoms with Gasteiger partial charge in [0, 0.05) is 23.1 Å². The summed E-state index contributed by atoms with van der Waals surface area (Å²) in [6.07, 6.45) is 7.86. The number of carbonyl (C=O) groups is 1. The highest BCUT2D eigenvalue weighted by molar-refractivity contribution is 5.95. The minimum Gasteiger partial charge on any atom is -0.326 e. The number of nitrogens with zero attached hydrogens (tertiary/aromatic N) is 1. The number of benzene rings is 2. The molecule has 0 radical (unpaired) electrons. The molecule has 2 aromatic carbocycles. The predicted molar refractivity (Wildman–Crippen MR) is 125 cm³/mol. The van der Waals surface area contributed by atoms with Gasteiger partial charge in [0.15, 0.2) is 0 Å². The number of carbonyl (C=O) groups excluding carboxylic acids is 1. The third-order valence-corrected chi connectivity index (χ3v) is 6.03. The van der Waals surface area contributed by atoms with Gasteiger partial charge in [0.2, 0.25) is 5.91 Å².